The van der Waals surface area contributed by atoms with Gasteiger partial charge in [-0.1, -0.05) is 60.5 Å². The van der Waals surface area contributed by atoms with Gasteiger partial charge in [0.25, 0.3) is 0 Å². The molecule has 1 aliphatic heterocycles. The molecule has 1 aliphatic rings. The van der Waals surface area contributed by atoms with E-state index < -0.39 is 0 Å². The number of fused-ring (bicyclic) bond motifs is 1. The monoisotopic (exact) mass is 233 g/mol. The van der Waals surface area contributed by atoms with Gasteiger partial charge in [-0.25, -0.2) is 0 Å². The molecule has 2 aromatic carbocycles. The minimum atomic E-state index is 0.112. The van der Waals surface area contributed by atoms with Crippen molar-refractivity contribution in [2.45, 2.75) is 19.1 Å². The van der Waals surface area contributed by atoms with Crippen LogP contribution in [0, 0.1) is 12.3 Å². The smallest absolute Gasteiger partial charge is 0.0977 e. The Morgan fingerprint density at radius 1 is 1.06 bits per heavy atom. The zero-order chi connectivity index (χ0) is 12.4. The van der Waals surface area contributed by atoms with Crippen LogP contribution in [-0.4, -0.2) is 4.90 Å². The second-order valence-electron chi connectivity index (χ2n) is 4.66. The van der Waals surface area contributed by atoms with Gasteiger partial charge in [-0.2, -0.15) is 0 Å². The highest BCUT2D eigenvalue weighted by atomic mass is 15.2. The molecule has 1 nitrogen and oxygen atoms in total. The highest BCUT2D eigenvalue weighted by Crippen LogP contribution is 2.33. The predicted molar refractivity (Wildman–Crippen MR) is 73.7 cm³/mol. The van der Waals surface area contributed by atoms with Crippen molar-refractivity contribution in [2.24, 2.45) is 0 Å². The van der Waals surface area contributed by atoms with Gasteiger partial charge in [-0.3, -0.25) is 4.90 Å². The molecule has 0 aromatic heterocycles. The maximum atomic E-state index is 5.70. The van der Waals surface area contributed by atoms with Crippen molar-refractivity contribution in [1.29, 1.82) is 0 Å². The average Bonchev–Trinajstić information content (AvgIpc) is 2.77. The molecule has 1 atom stereocenters. The van der Waals surface area contributed by atoms with Gasteiger partial charge in [0.1, 0.15) is 0 Å². The summed E-state index contributed by atoms with van der Waals surface area (Å²) >= 11 is 0. The van der Waals surface area contributed by atoms with Crippen molar-refractivity contribution in [3.05, 3.63) is 71.3 Å². The molecule has 88 valence electrons. The number of nitrogens with zero attached hydrogens (tertiary/aromatic N) is 1. The van der Waals surface area contributed by atoms with Crippen LogP contribution >= 0.6 is 0 Å². The maximum Gasteiger partial charge on any atom is 0.0977 e. The minimum absolute atomic E-state index is 0.112. The molecule has 0 saturated carbocycles. The third kappa shape index (κ3) is 1.92. The van der Waals surface area contributed by atoms with Gasteiger partial charge in [0.05, 0.1) is 6.04 Å². The molecule has 1 heteroatoms. The molecule has 2 aromatic rings. The van der Waals surface area contributed by atoms with E-state index in [1.807, 2.05) is 6.07 Å². The number of terminal acetylenes is 1. The van der Waals surface area contributed by atoms with Gasteiger partial charge in [0.2, 0.25) is 0 Å². The molecule has 18 heavy (non-hydrogen) atoms. The highest BCUT2D eigenvalue weighted by molar-refractivity contribution is 5.38. The molecule has 0 bridgehead atoms. The lowest BCUT2D eigenvalue weighted by Gasteiger charge is -2.20. The average molecular weight is 233 g/mol. The summed E-state index contributed by atoms with van der Waals surface area (Å²) in [7, 11) is 0. The lowest BCUT2D eigenvalue weighted by atomic mass is 10.1. The maximum absolute atomic E-state index is 5.70. The summed E-state index contributed by atoms with van der Waals surface area (Å²) in [6, 6.07) is 19.1. The zero-order valence-corrected chi connectivity index (χ0v) is 10.2. The summed E-state index contributed by atoms with van der Waals surface area (Å²) in [5.41, 5.74) is 3.96. The molecule has 0 N–H and O–H groups in total. The Bertz CT molecular complexity index is 580. The molecule has 0 unspecified atom stereocenters. The van der Waals surface area contributed by atoms with Crippen LogP contribution in [0.5, 0.6) is 0 Å². The standard InChI is InChI=1S/C17H15N/c1-2-17-16-11-7-6-10-15(16)13-18(17)12-14-8-4-3-5-9-14/h1,3-11,17H,12-13H2/t17-/m0/s1. The summed E-state index contributed by atoms with van der Waals surface area (Å²) in [5.74, 6) is 2.92. The number of benzene rings is 2. The number of hydrogen-bond donors (Lipinski definition) is 0. The first-order valence-electron chi connectivity index (χ1n) is 6.20. The molecule has 0 radical (unpaired) electrons. The van der Waals surface area contributed by atoms with E-state index in [1.54, 1.807) is 0 Å². The van der Waals surface area contributed by atoms with E-state index in [9.17, 15) is 0 Å². The third-order valence-electron chi connectivity index (χ3n) is 3.47. The van der Waals surface area contributed by atoms with Crippen molar-refractivity contribution in [3.8, 4) is 12.3 Å². The second-order valence-corrected chi connectivity index (χ2v) is 4.66. The van der Waals surface area contributed by atoms with Gasteiger partial charge >= 0.3 is 0 Å². The summed E-state index contributed by atoms with van der Waals surface area (Å²) in [4.78, 5) is 2.35. The van der Waals surface area contributed by atoms with Crippen LogP contribution in [0.15, 0.2) is 54.6 Å². The van der Waals surface area contributed by atoms with Crippen molar-refractivity contribution < 1.29 is 0 Å². The van der Waals surface area contributed by atoms with Crippen LogP contribution in [0.3, 0.4) is 0 Å². The quantitative estimate of drug-likeness (QED) is 0.719. The first-order chi connectivity index (χ1) is 8.88. The Morgan fingerprint density at radius 3 is 2.56 bits per heavy atom. The van der Waals surface area contributed by atoms with Crippen LogP contribution in [0.2, 0.25) is 0 Å². The first-order valence-corrected chi connectivity index (χ1v) is 6.20. The summed E-state index contributed by atoms with van der Waals surface area (Å²) in [6.45, 7) is 1.85. The Kier molecular flexibility index (Phi) is 2.88. The first kappa shape index (κ1) is 11.1. The molecule has 0 aliphatic carbocycles. The van der Waals surface area contributed by atoms with E-state index >= 15 is 0 Å². The van der Waals surface area contributed by atoms with Crippen molar-refractivity contribution in [1.82, 2.24) is 4.90 Å². The molecule has 1 heterocycles. The van der Waals surface area contributed by atoms with E-state index in [0.29, 0.717) is 0 Å². The van der Waals surface area contributed by atoms with Crippen LogP contribution in [0.4, 0.5) is 0 Å². The van der Waals surface area contributed by atoms with E-state index in [2.05, 4.69) is 59.4 Å². The molecule has 0 saturated heterocycles. The van der Waals surface area contributed by atoms with Crippen LogP contribution in [0.25, 0.3) is 0 Å². The molecular weight excluding hydrogens is 218 g/mol. The lowest BCUT2D eigenvalue weighted by Crippen LogP contribution is -2.20. The zero-order valence-electron chi connectivity index (χ0n) is 10.2. The van der Waals surface area contributed by atoms with Crippen LogP contribution in [-0.2, 0) is 13.1 Å². The molecule has 0 spiro atoms. The summed E-state index contributed by atoms with van der Waals surface area (Å²) in [6.07, 6.45) is 5.70. The van der Waals surface area contributed by atoms with Gasteiger partial charge < -0.3 is 0 Å². The van der Waals surface area contributed by atoms with E-state index in [-0.39, 0.29) is 6.04 Å². The molecule has 3 rings (SSSR count). The van der Waals surface area contributed by atoms with Crippen LogP contribution < -0.4 is 0 Å². The molecule has 0 amide bonds. The second kappa shape index (κ2) is 4.68. The van der Waals surface area contributed by atoms with Gasteiger partial charge in [0.15, 0.2) is 0 Å². The van der Waals surface area contributed by atoms with Crippen molar-refractivity contribution in [3.63, 3.8) is 0 Å². The Labute approximate surface area is 108 Å². The molecular formula is C17H15N. The fraction of sp³-hybridized carbons (Fsp3) is 0.176. The van der Waals surface area contributed by atoms with E-state index in [4.69, 9.17) is 6.42 Å². The fourth-order valence-electron chi connectivity index (χ4n) is 2.61. The lowest BCUT2D eigenvalue weighted by molar-refractivity contribution is 0.247. The van der Waals surface area contributed by atoms with Crippen molar-refractivity contribution in [2.75, 3.05) is 0 Å². The van der Waals surface area contributed by atoms with Gasteiger partial charge in [-0.15, -0.1) is 6.42 Å². The topological polar surface area (TPSA) is 3.24 Å². The minimum Gasteiger partial charge on any atom is -0.277 e. The highest BCUT2D eigenvalue weighted by Gasteiger charge is 2.27. The SMILES string of the molecule is C#C[C@H]1c2ccccc2CN1Cc1ccccc1. The third-order valence-corrected chi connectivity index (χ3v) is 3.47. The summed E-state index contributed by atoms with van der Waals surface area (Å²) in [5, 5.41) is 0. The largest absolute Gasteiger partial charge is 0.277 e. The molecule has 0 fully saturated rings. The van der Waals surface area contributed by atoms with E-state index in [1.165, 1.54) is 16.7 Å². The van der Waals surface area contributed by atoms with Gasteiger partial charge in [0, 0.05) is 13.1 Å². The van der Waals surface area contributed by atoms with E-state index in [0.717, 1.165) is 13.1 Å². The summed E-state index contributed by atoms with van der Waals surface area (Å²) < 4.78 is 0. The predicted octanol–water partition coefficient (Wildman–Crippen LogP) is 3.38. The van der Waals surface area contributed by atoms with Crippen LogP contribution in [0.1, 0.15) is 22.7 Å². The fourth-order valence-corrected chi connectivity index (χ4v) is 2.61. The van der Waals surface area contributed by atoms with Crippen molar-refractivity contribution >= 4 is 0 Å². The number of hydrogen-bond acceptors (Lipinski definition) is 1. The Morgan fingerprint density at radius 2 is 1.78 bits per heavy atom. The Hall–Kier alpha value is -2.04. The normalized spacial score (nSPS) is 18.3. The number of rotatable bonds is 2. The van der Waals surface area contributed by atoms with Gasteiger partial charge in [-0.05, 0) is 16.7 Å². The Balaban J connectivity index is 1.86.